The van der Waals surface area contributed by atoms with Crippen molar-refractivity contribution >= 4 is 15.8 Å². The van der Waals surface area contributed by atoms with E-state index in [1.165, 1.54) is 0 Å². The van der Waals surface area contributed by atoms with Crippen LogP contribution in [0.4, 0.5) is 22.0 Å². The second kappa shape index (κ2) is 7.37. The molecular weight excluding hydrogens is 323 g/mol. The summed E-state index contributed by atoms with van der Waals surface area (Å²) in [6, 6.07) is 0. The molecule has 0 rings (SSSR count). The third-order valence-corrected chi connectivity index (χ3v) is 4.97. The molecular formula is C11H17F5O4S. The number of carboxylic acids is 1. The van der Waals surface area contributed by atoms with E-state index < -0.39 is 45.3 Å². The number of unbranched alkanes of at least 4 members (excludes halogenated alkanes) is 2. The maximum Gasteiger partial charge on any atom is 0.453 e. The molecule has 10 heteroatoms. The molecule has 0 saturated carbocycles. The minimum Gasteiger partial charge on any atom is -0.480 e. The van der Waals surface area contributed by atoms with Crippen molar-refractivity contribution in [3.63, 3.8) is 0 Å². The quantitative estimate of drug-likeness (QED) is 0.517. The SMILES string of the molecule is CCCCCC(C(=O)O)S(=O)(=O)CCC(F)(F)C(F)(F)F. The average Bonchev–Trinajstić information content (AvgIpc) is 2.30. The summed E-state index contributed by atoms with van der Waals surface area (Å²) in [7, 11) is -4.58. The molecule has 0 aliphatic carbocycles. The maximum absolute atomic E-state index is 12.7. The molecule has 0 aromatic rings. The van der Waals surface area contributed by atoms with Crippen LogP contribution < -0.4 is 0 Å². The van der Waals surface area contributed by atoms with Crippen molar-refractivity contribution in [1.29, 1.82) is 0 Å². The highest BCUT2D eigenvalue weighted by atomic mass is 32.2. The zero-order chi connectivity index (χ0) is 16.9. The Bertz CT molecular complexity index is 444. The van der Waals surface area contributed by atoms with Gasteiger partial charge in [0.15, 0.2) is 15.1 Å². The summed E-state index contributed by atoms with van der Waals surface area (Å²) in [5.41, 5.74) is 0. The number of alkyl halides is 5. The van der Waals surface area contributed by atoms with Gasteiger partial charge >= 0.3 is 18.1 Å². The third kappa shape index (κ3) is 6.15. The van der Waals surface area contributed by atoms with Crippen molar-refractivity contribution in [2.45, 2.75) is 56.4 Å². The Morgan fingerprint density at radius 2 is 1.67 bits per heavy atom. The summed E-state index contributed by atoms with van der Waals surface area (Å²) in [4.78, 5) is 10.9. The van der Waals surface area contributed by atoms with Crippen LogP contribution in [-0.2, 0) is 14.6 Å². The lowest BCUT2D eigenvalue weighted by molar-refractivity contribution is -0.282. The Labute approximate surface area is 119 Å². The Kier molecular flexibility index (Phi) is 7.04. The topological polar surface area (TPSA) is 71.4 Å². The lowest BCUT2D eigenvalue weighted by Gasteiger charge is -2.20. The Morgan fingerprint density at radius 1 is 1.14 bits per heavy atom. The summed E-state index contributed by atoms with van der Waals surface area (Å²) in [5, 5.41) is 6.86. The van der Waals surface area contributed by atoms with E-state index in [-0.39, 0.29) is 12.8 Å². The van der Waals surface area contributed by atoms with E-state index >= 15 is 0 Å². The van der Waals surface area contributed by atoms with Crippen molar-refractivity contribution in [3.05, 3.63) is 0 Å². The van der Waals surface area contributed by atoms with Gasteiger partial charge in [0.25, 0.3) is 0 Å². The number of hydrogen-bond donors (Lipinski definition) is 1. The second-order valence-electron chi connectivity index (χ2n) is 4.64. The number of aliphatic carboxylic acids is 1. The molecule has 0 aliphatic rings. The van der Waals surface area contributed by atoms with E-state index in [4.69, 9.17) is 5.11 Å². The first kappa shape index (κ1) is 20.1. The molecule has 0 aromatic carbocycles. The first-order valence-electron chi connectivity index (χ1n) is 6.24. The Morgan fingerprint density at radius 3 is 2.05 bits per heavy atom. The number of carbonyl (C=O) groups is 1. The van der Waals surface area contributed by atoms with Crippen LogP contribution in [-0.4, -0.2) is 42.6 Å². The smallest absolute Gasteiger partial charge is 0.453 e. The molecule has 0 fully saturated rings. The average molecular weight is 340 g/mol. The number of carboxylic acid groups (broad SMARTS) is 1. The van der Waals surface area contributed by atoms with Crippen LogP contribution >= 0.6 is 0 Å². The van der Waals surface area contributed by atoms with E-state index in [0.29, 0.717) is 12.8 Å². The van der Waals surface area contributed by atoms with Crippen molar-refractivity contribution in [3.8, 4) is 0 Å². The molecule has 0 bridgehead atoms. The molecule has 0 amide bonds. The van der Waals surface area contributed by atoms with Crippen molar-refractivity contribution in [2.75, 3.05) is 5.75 Å². The molecule has 1 atom stereocenters. The van der Waals surface area contributed by atoms with Gasteiger partial charge in [-0.1, -0.05) is 26.2 Å². The Hall–Kier alpha value is -0.930. The molecule has 0 spiro atoms. The standard InChI is InChI=1S/C11H17F5O4S/c1-2-3-4-5-8(9(17)18)21(19,20)7-6-10(12,13)11(14,15)16/h8H,2-7H2,1H3,(H,17,18). The largest absolute Gasteiger partial charge is 0.480 e. The molecule has 0 aromatic heterocycles. The molecule has 0 aliphatic heterocycles. The number of halogens is 5. The van der Waals surface area contributed by atoms with Crippen molar-refractivity contribution < 1.29 is 40.3 Å². The maximum atomic E-state index is 12.7. The third-order valence-electron chi connectivity index (χ3n) is 2.89. The van der Waals surface area contributed by atoms with E-state index in [9.17, 15) is 35.2 Å². The van der Waals surface area contributed by atoms with E-state index in [2.05, 4.69) is 0 Å². The fraction of sp³-hybridized carbons (Fsp3) is 0.909. The monoisotopic (exact) mass is 340 g/mol. The van der Waals surface area contributed by atoms with Crippen molar-refractivity contribution in [2.24, 2.45) is 0 Å². The van der Waals surface area contributed by atoms with Gasteiger partial charge in [-0.3, -0.25) is 4.79 Å². The first-order chi connectivity index (χ1) is 9.35. The molecule has 0 saturated heterocycles. The number of rotatable bonds is 9. The number of hydrogen-bond acceptors (Lipinski definition) is 3. The van der Waals surface area contributed by atoms with Gasteiger partial charge < -0.3 is 5.11 Å². The van der Waals surface area contributed by atoms with Crippen LogP contribution in [0.2, 0.25) is 0 Å². The minimum absolute atomic E-state index is 0.238. The van der Waals surface area contributed by atoms with Gasteiger partial charge in [0.05, 0.1) is 5.75 Å². The highest BCUT2D eigenvalue weighted by Crippen LogP contribution is 2.38. The van der Waals surface area contributed by atoms with Crippen LogP contribution in [0, 0.1) is 0 Å². The van der Waals surface area contributed by atoms with Crippen molar-refractivity contribution in [1.82, 2.24) is 0 Å². The molecule has 126 valence electrons. The fourth-order valence-corrected chi connectivity index (χ4v) is 3.25. The van der Waals surface area contributed by atoms with E-state index in [1.54, 1.807) is 6.92 Å². The van der Waals surface area contributed by atoms with Gasteiger partial charge in [0.2, 0.25) is 0 Å². The zero-order valence-corrected chi connectivity index (χ0v) is 12.1. The van der Waals surface area contributed by atoms with Crippen LogP contribution in [0.15, 0.2) is 0 Å². The second-order valence-corrected chi connectivity index (χ2v) is 6.94. The van der Waals surface area contributed by atoms with Gasteiger partial charge in [-0.25, -0.2) is 8.42 Å². The first-order valence-corrected chi connectivity index (χ1v) is 7.95. The lowest BCUT2D eigenvalue weighted by atomic mass is 10.1. The zero-order valence-electron chi connectivity index (χ0n) is 11.3. The van der Waals surface area contributed by atoms with Crippen LogP contribution in [0.5, 0.6) is 0 Å². The van der Waals surface area contributed by atoms with Gasteiger partial charge in [0.1, 0.15) is 0 Å². The van der Waals surface area contributed by atoms with Gasteiger partial charge in [-0.05, 0) is 6.42 Å². The molecule has 4 nitrogen and oxygen atoms in total. The summed E-state index contributed by atoms with van der Waals surface area (Å²) in [6.07, 6.45) is -6.68. The van der Waals surface area contributed by atoms with Crippen LogP contribution in [0.3, 0.4) is 0 Å². The fourth-order valence-electron chi connectivity index (χ4n) is 1.59. The molecule has 0 heterocycles. The molecule has 1 N–H and O–H groups in total. The Balaban J connectivity index is 4.89. The normalized spacial score (nSPS) is 15.0. The summed E-state index contributed by atoms with van der Waals surface area (Å²) in [5.74, 6) is -8.42. The van der Waals surface area contributed by atoms with E-state index in [1.807, 2.05) is 0 Å². The van der Waals surface area contributed by atoms with Crippen LogP contribution in [0.1, 0.15) is 39.0 Å². The predicted octanol–water partition coefficient (Wildman–Crippen LogP) is 3.02. The highest BCUT2D eigenvalue weighted by Gasteiger charge is 2.57. The molecule has 0 radical (unpaired) electrons. The summed E-state index contributed by atoms with van der Waals surface area (Å²) < 4.78 is 84.6. The lowest BCUT2D eigenvalue weighted by Crippen LogP contribution is -2.40. The number of sulfone groups is 1. The minimum atomic E-state index is -5.86. The summed E-state index contributed by atoms with van der Waals surface area (Å²) >= 11 is 0. The molecule has 21 heavy (non-hydrogen) atoms. The van der Waals surface area contributed by atoms with Gasteiger partial charge in [0, 0.05) is 6.42 Å². The van der Waals surface area contributed by atoms with Gasteiger partial charge in [-0.15, -0.1) is 0 Å². The summed E-state index contributed by atoms with van der Waals surface area (Å²) in [6.45, 7) is 1.79. The van der Waals surface area contributed by atoms with Gasteiger partial charge in [-0.2, -0.15) is 22.0 Å². The van der Waals surface area contributed by atoms with E-state index in [0.717, 1.165) is 0 Å². The highest BCUT2D eigenvalue weighted by molar-refractivity contribution is 7.92. The van der Waals surface area contributed by atoms with Crippen LogP contribution in [0.25, 0.3) is 0 Å². The molecule has 1 unspecified atom stereocenters. The predicted molar refractivity (Wildman–Crippen MR) is 65.0 cm³/mol.